The molecular weight excluding hydrogens is 484 g/mol. The van der Waals surface area contributed by atoms with Gasteiger partial charge in [-0.15, -0.1) is 0 Å². The maximum Gasteiger partial charge on any atom is 0.155 e. The maximum atomic E-state index is 7.18. The molecule has 1 heterocycles. The van der Waals surface area contributed by atoms with Crippen LogP contribution in [-0.4, -0.2) is 5.60 Å². The van der Waals surface area contributed by atoms with Crippen molar-refractivity contribution in [3.63, 3.8) is 0 Å². The Hall–Kier alpha value is -4.46. The van der Waals surface area contributed by atoms with Crippen molar-refractivity contribution in [2.45, 2.75) is 30.5 Å². The lowest BCUT2D eigenvalue weighted by Crippen LogP contribution is -2.27. The first-order valence-electron chi connectivity index (χ1n) is 15.0. The minimum atomic E-state index is -0.273. The average Bonchev–Trinajstić information content (AvgIpc) is 3.55. The molecule has 5 aliphatic carbocycles. The first-order valence-corrected chi connectivity index (χ1v) is 15.0. The molecule has 1 heteroatoms. The van der Waals surface area contributed by atoms with E-state index in [-0.39, 0.29) is 11.2 Å². The molecule has 2 atom stereocenters. The SMILES string of the molecule is C1=c2cc3cc4cc5c6c4c4c3c3c2C27OC12Cc1cc2c8c9c(cc(c%10c9c9c%11c(c7c1c8%11)c3c4c9c6%10)C5)C2. The first-order chi connectivity index (χ1) is 19.8. The number of hydrogen-bond donors (Lipinski definition) is 0. The fourth-order valence-corrected chi connectivity index (χ4v) is 12.9. The molecule has 17 rings (SSSR count). The summed E-state index contributed by atoms with van der Waals surface area (Å²) < 4.78 is 7.18. The highest BCUT2D eigenvalue weighted by Gasteiger charge is 2.77. The quantitative estimate of drug-likeness (QED) is 0.153. The van der Waals surface area contributed by atoms with Gasteiger partial charge >= 0.3 is 0 Å². The van der Waals surface area contributed by atoms with E-state index >= 15 is 0 Å². The van der Waals surface area contributed by atoms with Gasteiger partial charge in [-0.3, -0.25) is 0 Å². The van der Waals surface area contributed by atoms with Gasteiger partial charge in [0.05, 0.1) is 0 Å². The zero-order valence-corrected chi connectivity index (χ0v) is 21.0. The molecule has 0 N–H and O–H groups in total. The second kappa shape index (κ2) is 3.77. The standard InChI is InChI=1S/C39H12O/c1-10-2-13-3-12-4-14-6-16-8-38-9-17-7-15-5-11(1)19-18(10)25-22(13)26-20(12)21(14)28-24(16)37-35-32(28)30(26)29(25)31-27(19)23(15)34(33(31)35)36(17)39(37,38)40-38/h1,3,5-7,9H,2,4,8H2. The molecule has 0 radical (unpaired) electrons. The van der Waals surface area contributed by atoms with E-state index in [1.54, 1.807) is 125 Å². The Bertz CT molecular complexity index is 3360. The van der Waals surface area contributed by atoms with Crippen LogP contribution in [0.5, 0.6) is 0 Å². The van der Waals surface area contributed by atoms with Gasteiger partial charge < -0.3 is 4.74 Å². The Balaban J connectivity index is 1.49. The molecule has 11 aromatic rings. The van der Waals surface area contributed by atoms with Crippen molar-refractivity contribution >= 4 is 114 Å². The molecule has 1 fully saturated rings. The van der Waals surface area contributed by atoms with Gasteiger partial charge in [0.25, 0.3) is 0 Å². The van der Waals surface area contributed by atoms with Crippen molar-refractivity contribution in [2.75, 3.05) is 0 Å². The van der Waals surface area contributed by atoms with Gasteiger partial charge in [0.15, 0.2) is 5.60 Å². The third-order valence-electron chi connectivity index (χ3n) is 13.6. The summed E-state index contributed by atoms with van der Waals surface area (Å²) in [5.74, 6) is 0. The summed E-state index contributed by atoms with van der Waals surface area (Å²) >= 11 is 0. The van der Waals surface area contributed by atoms with Crippen LogP contribution in [-0.2, 0) is 29.6 Å². The number of hydrogen-bond acceptors (Lipinski definition) is 1. The molecule has 0 bridgehead atoms. The van der Waals surface area contributed by atoms with Crippen LogP contribution in [0.3, 0.4) is 0 Å². The van der Waals surface area contributed by atoms with Gasteiger partial charge in [0.1, 0.15) is 5.60 Å². The van der Waals surface area contributed by atoms with E-state index in [4.69, 9.17) is 4.74 Å². The molecule has 0 aromatic heterocycles. The normalized spacial score (nSPS) is 26.0. The van der Waals surface area contributed by atoms with Crippen molar-refractivity contribution in [3.05, 3.63) is 74.5 Å². The average molecular weight is 497 g/mol. The Kier molecular flexibility index (Phi) is 1.50. The predicted octanol–water partition coefficient (Wildman–Crippen LogP) is 8.05. The third-order valence-corrected chi connectivity index (χ3v) is 13.6. The van der Waals surface area contributed by atoms with Crippen molar-refractivity contribution < 1.29 is 4.74 Å². The van der Waals surface area contributed by atoms with E-state index in [2.05, 4.69) is 36.4 Å². The molecule has 174 valence electrons. The minimum absolute atomic E-state index is 0.200. The highest BCUT2D eigenvalue weighted by atomic mass is 16.6. The van der Waals surface area contributed by atoms with Crippen LogP contribution in [0.1, 0.15) is 38.9 Å². The first kappa shape index (κ1) is 16.0. The Labute approximate surface area is 223 Å². The third kappa shape index (κ3) is 0.978. The summed E-state index contributed by atoms with van der Waals surface area (Å²) in [5, 5.41) is 32.9. The molecule has 1 spiro atoms. The summed E-state index contributed by atoms with van der Waals surface area (Å²) in [6.45, 7) is 0. The van der Waals surface area contributed by atoms with E-state index in [1.807, 2.05) is 0 Å². The Morgan fingerprint density at radius 3 is 1.77 bits per heavy atom. The molecule has 6 aliphatic rings. The number of benzene rings is 7. The molecule has 40 heavy (non-hydrogen) atoms. The molecule has 11 aromatic carbocycles. The van der Waals surface area contributed by atoms with Gasteiger partial charge in [0, 0.05) is 17.5 Å². The van der Waals surface area contributed by atoms with E-state index in [0.29, 0.717) is 0 Å². The van der Waals surface area contributed by atoms with Crippen LogP contribution in [0.4, 0.5) is 0 Å². The monoisotopic (exact) mass is 496 g/mol. The molecule has 0 saturated carbocycles. The zero-order chi connectivity index (χ0) is 24.2. The summed E-state index contributed by atoms with van der Waals surface area (Å²) in [7, 11) is 0. The van der Waals surface area contributed by atoms with Crippen molar-refractivity contribution in [1.29, 1.82) is 0 Å². The molecule has 0 amide bonds. The van der Waals surface area contributed by atoms with Crippen LogP contribution < -0.4 is 5.22 Å². The number of ether oxygens (including phenoxy) is 1. The van der Waals surface area contributed by atoms with Gasteiger partial charge in [0.2, 0.25) is 0 Å². The van der Waals surface area contributed by atoms with Crippen molar-refractivity contribution in [3.8, 4) is 0 Å². The molecule has 1 nitrogen and oxygen atoms in total. The smallest absolute Gasteiger partial charge is 0.155 e. The largest absolute Gasteiger partial charge is 0.347 e. The second-order valence-electron chi connectivity index (χ2n) is 14.6. The predicted molar refractivity (Wildman–Crippen MR) is 162 cm³/mol. The number of rotatable bonds is 0. The lowest BCUT2D eigenvalue weighted by Gasteiger charge is -2.26. The fourth-order valence-electron chi connectivity index (χ4n) is 12.9. The van der Waals surface area contributed by atoms with Crippen LogP contribution >= 0.6 is 0 Å². The summed E-state index contributed by atoms with van der Waals surface area (Å²) in [5.41, 5.74) is 10.4. The van der Waals surface area contributed by atoms with E-state index in [1.165, 1.54) is 26.9 Å². The summed E-state index contributed by atoms with van der Waals surface area (Å²) in [4.78, 5) is 0. The van der Waals surface area contributed by atoms with E-state index in [0.717, 1.165) is 19.3 Å². The van der Waals surface area contributed by atoms with Crippen LogP contribution in [0.25, 0.3) is 114 Å². The van der Waals surface area contributed by atoms with Crippen molar-refractivity contribution in [1.82, 2.24) is 0 Å². The van der Waals surface area contributed by atoms with Gasteiger partial charge in [-0.2, -0.15) is 0 Å². The Morgan fingerprint density at radius 1 is 0.425 bits per heavy atom. The van der Waals surface area contributed by atoms with Crippen molar-refractivity contribution in [2.24, 2.45) is 0 Å². The molecule has 2 unspecified atom stereocenters. The highest BCUT2D eigenvalue weighted by molar-refractivity contribution is 6.62. The number of epoxide rings is 1. The van der Waals surface area contributed by atoms with Crippen LogP contribution in [0.2, 0.25) is 0 Å². The fraction of sp³-hybridized carbons (Fsp3) is 0.128. The lowest BCUT2D eigenvalue weighted by molar-refractivity contribution is 0.307. The molecule has 1 aliphatic heterocycles. The lowest BCUT2D eigenvalue weighted by atomic mass is 9.72. The zero-order valence-electron chi connectivity index (χ0n) is 21.0. The molecule has 1 saturated heterocycles. The Morgan fingerprint density at radius 2 is 0.950 bits per heavy atom. The highest BCUT2D eigenvalue weighted by Crippen LogP contribution is 2.76. The van der Waals surface area contributed by atoms with Gasteiger partial charge in [-0.25, -0.2) is 0 Å². The van der Waals surface area contributed by atoms with Crippen LogP contribution in [0.15, 0.2) is 30.3 Å². The van der Waals surface area contributed by atoms with Crippen LogP contribution in [0, 0.1) is 0 Å². The topological polar surface area (TPSA) is 12.5 Å². The van der Waals surface area contributed by atoms with E-state index in [9.17, 15) is 0 Å². The van der Waals surface area contributed by atoms with E-state index < -0.39 is 0 Å². The summed E-state index contributed by atoms with van der Waals surface area (Å²) in [6, 6.07) is 12.9. The van der Waals surface area contributed by atoms with Gasteiger partial charge in [-0.1, -0.05) is 18.2 Å². The van der Waals surface area contributed by atoms with Gasteiger partial charge in [-0.05, 0) is 172 Å². The second-order valence-corrected chi connectivity index (χ2v) is 14.6. The minimum Gasteiger partial charge on any atom is -0.347 e. The molecular formula is C39H12O. The summed E-state index contributed by atoms with van der Waals surface area (Å²) in [6.07, 6.45) is 5.73. The maximum absolute atomic E-state index is 7.18.